The molecule has 0 radical (unpaired) electrons. The molecule has 1 aliphatic rings. The van der Waals surface area contributed by atoms with E-state index >= 15 is 0 Å². The number of aryl methyl sites for hydroxylation is 2. The molecule has 0 atom stereocenters. The molecule has 1 saturated carbocycles. The van der Waals surface area contributed by atoms with Crippen LogP contribution < -0.4 is 0 Å². The van der Waals surface area contributed by atoms with E-state index in [2.05, 4.69) is 10.1 Å². The molecule has 1 N–H and O–H groups in total. The van der Waals surface area contributed by atoms with Gasteiger partial charge in [-0.1, -0.05) is 17.7 Å². The summed E-state index contributed by atoms with van der Waals surface area (Å²) < 4.78 is 53.2. The summed E-state index contributed by atoms with van der Waals surface area (Å²) in [5.41, 5.74) is 2.71. The van der Waals surface area contributed by atoms with Gasteiger partial charge >= 0.3 is 10.2 Å². The van der Waals surface area contributed by atoms with Gasteiger partial charge in [-0.15, -0.1) is 9.19 Å². The number of nitrogens with zero attached hydrogens (tertiary/aromatic N) is 5. The predicted octanol–water partition coefficient (Wildman–Crippen LogP) is 0.771. The maximum atomic E-state index is 13.1. The molecular formula is C17H24N6O4S2. The van der Waals surface area contributed by atoms with E-state index in [1.807, 2.05) is 32.0 Å². The van der Waals surface area contributed by atoms with E-state index in [4.69, 9.17) is 5.41 Å². The van der Waals surface area contributed by atoms with Crippen LogP contribution in [-0.2, 0) is 20.2 Å². The maximum Gasteiger partial charge on any atom is 0.323 e. The fourth-order valence-electron chi connectivity index (χ4n) is 2.81. The summed E-state index contributed by atoms with van der Waals surface area (Å²) in [5.74, 6) is 0. The molecule has 0 aliphatic heterocycles. The Hall–Kier alpha value is -2.15. The van der Waals surface area contributed by atoms with E-state index in [0.29, 0.717) is 22.5 Å². The van der Waals surface area contributed by atoms with Gasteiger partial charge in [0.1, 0.15) is 6.33 Å². The number of hydrogen-bond donors (Lipinski definition) is 1. The van der Waals surface area contributed by atoms with Crippen LogP contribution >= 0.6 is 0 Å². The molecule has 2 aromatic rings. The van der Waals surface area contributed by atoms with Crippen LogP contribution in [0.15, 0.2) is 29.7 Å². The summed E-state index contributed by atoms with van der Waals surface area (Å²) in [4.78, 5) is 3.73. The number of hydrogen-bond acceptors (Lipinski definition) is 7. The number of nitrogens with one attached hydrogen (secondary N) is 1. The van der Waals surface area contributed by atoms with Gasteiger partial charge in [0.05, 0.1) is 12.3 Å². The fraction of sp³-hybridized carbons (Fsp3) is 0.471. The van der Waals surface area contributed by atoms with E-state index in [1.165, 1.54) is 18.4 Å². The highest BCUT2D eigenvalue weighted by atomic mass is 32.2. The maximum absolute atomic E-state index is 13.1. The Kier molecular flexibility index (Phi) is 5.64. The lowest BCUT2D eigenvalue weighted by atomic mass is 10.0. The first-order chi connectivity index (χ1) is 13.4. The van der Waals surface area contributed by atoms with Gasteiger partial charge in [0.15, 0.2) is 0 Å². The van der Waals surface area contributed by atoms with Crippen molar-refractivity contribution >= 4 is 25.9 Å². The van der Waals surface area contributed by atoms with Gasteiger partial charge in [-0.3, -0.25) is 0 Å². The summed E-state index contributed by atoms with van der Waals surface area (Å²) >= 11 is 0. The molecule has 12 heteroatoms. The first-order valence-electron chi connectivity index (χ1n) is 8.96. The van der Waals surface area contributed by atoms with Crippen molar-refractivity contribution in [1.82, 2.24) is 22.8 Å². The van der Waals surface area contributed by atoms with Crippen LogP contribution in [0.3, 0.4) is 0 Å². The van der Waals surface area contributed by atoms with E-state index in [-0.39, 0.29) is 18.3 Å². The van der Waals surface area contributed by atoms with Gasteiger partial charge in [-0.05, 0) is 43.9 Å². The second-order valence-corrected chi connectivity index (χ2v) is 11.1. The molecule has 1 aromatic heterocycles. The van der Waals surface area contributed by atoms with Crippen LogP contribution in [0.4, 0.5) is 0 Å². The molecule has 1 fully saturated rings. The Morgan fingerprint density at radius 2 is 1.86 bits per heavy atom. The number of sulfonamides is 1. The van der Waals surface area contributed by atoms with Gasteiger partial charge in [0.2, 0.25) is 0 Å². The highest BCUT2D eigenvalue weighted by Crippen LogP contribution is 2.31. The van der Waals surface area contributed by atoms with Gasteiger partial charge < -0.3 is 5.41 Å². The first-order valence-corrected chi connectivity index (χ1v) is 11.8. The SMILES string of the molecule is Cc1ccc(C)c(C(=N)CN(C2CC2)S(=O)(=O)c2ncn(S(=O)(=O)N(C)C)n2)c1. The zero-order chi connectivity index (χ0) is 21.6. The van der Waals surface area contributed by atoms with E-state index in [9.17, 15) is 16.8 Å². The second-order valence-electron chi connectivity index (χ2n) is 7.27. The summed E-state index contributed by atoms with van der Waals surface area (Å²) in [6.45, 7) is 3.65. The molecule has 158 valence electrons. The topological polar surface area (TPSA) is 129 Å². The second kappa shape index (κ2) is 7.59. The molecule has 0 amide bonds. The van der Waals surface area contributed by atoms with Crippen molar-refractivity contribution in [2.24, 2.45) is 0 Å². The highest BCUT2D eigenvalue weighted by molar-refractivity contribution is 7.89. The largest absolute Gasteiger partial charge is 0.323 e. The van der Waals surface area contributed by atoms with Crippen molar-refractivity contribution in [3.05, 3.63) is 41.2 Å². The summed E-state index contributed by atoms with van der Waals surface area (Å²) in [7, 11) is -5.51. The first kappa shape index (κ1) is 21.6. The zero-order valence-corrected chi connectivity index (χ0v) is 18.3. The lowest BCUT2D eigenvalue weighted by Gasteiger charge is -2.21. The molecule has 0 bridgehead atoms. The predicted molar refractivity (Wildman–Crippen MR) is 108 cm³/mol. The van der Waals surface area contributed by atoms with Crippen LogP contribution in [0, 0.1) is 19.3 Å². The van der Waals surface area contributed by atoms with Crippen LogP contribution in [0.1, 0.15) is 29.5 Å². The zero-order valence-electron chi connectivity index (χ0n) is 16.7. The molecule has 1 aromatic carbocycles. The minimum absolute atomic E-state index is 0.133. The van der Waals surface area contributed by atoms with Crippen molar-refractivity contribution < 1.29 is 16.8 Å². The Balaban J connectivity index is 1.92. The normalized spacial score (nSPS) is 15.2. The third-order valence-electron chi connectivity index (χ3n) is 4.67. The molecule has 0 saturated heterocycles. The average molecular weight is 441 g/mol. The average Bonchev–Trinajstić information content (AvgIpc) is 3.34. The minimum atomic E-state index is -4.16. The lowest BCUT2D eigenvalue weighted by Crippen LogP contribution is -2.38. The third kappa shape index (κ3) is 4.25. The van der Waals surface area contributed by atoms with Crippen LogP contribution in [-0.4, -0.2) is 72.0 Å². The molecule has 29 heavy (non-hydrogen) atoms. The Morgan fingerprint density at radius 3 is 2.45 bits per heavy atom. The minimum Gasteiger partial charge on any atom is -0.303 e. The van der Waals surface area contributed by atoms with Gasteiger partial charge in [0.25, 0.3) is 15.2 Å². The number of rotatable bonds is 8. The van der Waals surface area contributed by atoms with E-state index in [1.54, 1.807) is 0 Å². The molecule has 1 heterocycles. The monoisotopic (exact) mass is 440 g/mol. The Labute approximate surface area is 170 Å². The highest BCUT2D eigenvalue weighted by Gasteiger charge is 2.41. The van der Waals surface area contributed by atoms with Crippen LogP contribution in [0.25, 0.3) is 0 Å². The number of benzene rings is 1. The van der Waals surface area contributed by atoms with Gasteiger partial charge in [-0.2, -0.15) is 17.0 Å². The molecule has 0 spiro atoms. The Bertz CT molecular complexity index is 1150. The summed E-state index contributed by atoms with van der Waals surface area (Å²) in [6, 6.07) is 5.43. The van der Waals surface area contributed by atoms with Crippen molar-refractivity contribution in [3.63, 3.8) is 0 Å². The third-order valence-corrected chi connectivity index (χ3v) is 7.94. The summed E-state index contributed by atoms with van der Waals surface area (Å²) in [6.07, 6.45) is 2.22. The van der Waals surface area contributed by atoms with Gasteiger partial charge in [0, 0.05) is 20.1 Å². The summed E-state index contributed by atoms with van der Waals surface area (Å²) in [5, 5.41) is 11.6. The van der Waals surface area contributed by atoms with Crippen molar-refractivity contribution in [2.75, 3.05) is 20.6 Å². The molecule has 1 aliphatic carbocycles. The molecule has 3 rings (SSSR count). The van der Waals surface area contributed by atoms with Crippen molar-refractivity contribution in [3.8, 4) is 0 Å². The molecule has 10 nitrogen and oxygen atoms in total. The molecule has 0 unspecified atom stereocenters. The number of aromatic nitrogens is 3. The van der Waals surface area contributed by atoms with Crippen LogP contribution in [0.5, 0.6) is 0 Å². The van der Waals surface area contributed by atoms with Crippen molar-refractivity contribution in [1.29, 1.82) is 5.41 Å². The van der Waals surface area contributed by atoms with Crippen molar-refractivity contribution in [2.45, 2.75) is 37.9 Å². The van der Waals surface area contributed by atoms with Gasteiger partial charge in [-0.25, -0.2) is 13.4 Å². The fourth-order valence-corrected chi connectivity index (χ4v) is 5.03. The van der Waals surface area contributed by atoms with E-state index in [0.717, 1.165) is 21.8 Å². The van der Waals surface area contributed by atoms with Crippen LogP contribution in [0.2, 0.25) is 0 Å². The van der Waals surface area contributed by atoms with E-state index < -0.39 is 25.4 Å². The standard InChI is InChI=1S/C17H24N6O4S2/c1-12-5-6-13(2)15(9-12)16(18)10-22(14-7-8-14)28(24,25)17-19-11-23(20-17)29(26,27)21(3)4/h5-6,9,11,14,18H,7-8,10H2,1-4H3. The lowest BCUT2D eigenvalue weighted by molar-refractivity contribution is 0.437. The smallest absolute Gasteiger partial charge is 0.303 e. The quantitative estimate of drug-likeness (QED) is 0.604. The molecular weight excluding hydrogens is 416 g/mol. The Morgan fingerprint density at radius 1 is 1.21 bits per heavy atom.